The molecule has 0 spiro atoms. The van der Waals surface area contributed by atoms with Gasteiger partial charge in [0.05, 0.1) is 32.5 Å². The Labute approximate surface area is 211 Å². The second kappa shape index (κ2) is 12.1. The van der Waals surface area contributed by atoms with Crippen molar-refractivity contribution in [2.45, 2.75) is 40.3 Å². The highest BCUT2D eigenvalue weighted by Gasteiger charge is 2.16. The molecule has 1 amide bonds. The van der Waals surface area contributed by atoms with Gasteiger partial charge in [-0.25, -0.2) is 4.79 Å². The van der Waals surface area contributed by atoms with Gasteiger partial charge >= 0.3 is 5.97 Å². The number of ether oxygens (including phenoxy) is 3. The van der Waals surface area contributed by atoms with Gasteiger partial charge in [0.2, 0.25) is 0 Å². The average Bonchev–Trinajstić information content (AvgIpc) is 3.13. The molecule has 0 saturated heterocycles. The SMILES string of the molecule is COc1ccc(OC)c([C@@H](C)NC(=O)COC(=O)/C=C/c2c(C)nn(Cc3ccc(C)cc3)c2C)c1. The van der Waals surface area contributed by atoms with E-state index in [4.69, 9.17) is 14.2 Å². The summed E-state index contributed by atoms with van der Waals surface area (Å²) in [5.74, 6) is 0.239. The van der Waals surface area contributed by atoms with Crippen LogP contribution in [0.3, 0.4) is 0 Å². The van der Waals surface area contributed by atoms with Crippen LogP contribution in [-0.2, 0) is 20.9 Å². The monoisotopic (exact) mass is 491 g/mol. The van der Waals surface area contributed by atoms with Crippen LogP contribution in [0.15, 0.2) is 48.5 Å². The number of amides is 1. The minimum absolute atomic E-state index is 0.374. The Morgan fingerprint density at radius 3 is 2.44 bits per heavy atom. The van der Waals surface area contributed by atoms with Crippen molar-refractivity contribution >= 4 is 18.0 Å². The summed E-state index contributed by atoms with van der Waals surface area (Å²) in [7, 11) is 3.13. The third-order valence-electron chi connectivity index (χ3n) is 5.90. The summed E-state index contributed by atoms with van der Waals surface area (Å²) in [4.78, 5) is 24.6. The molecular weight excluding hydrogens is 458 g/mol. The van der Waals surface area contributed by atoms with E-state index in [2.05, 4.69) is 41.6 Å². The summed E-state index contributed by atoms with van der Waals surface area (Å²) in [5, 5.41) is 7.41. The number of aromatic nitrogens is 2. The molecule has 190 valence electrons. The molecule has 0 radical (unpaired) electrons. The van der Waals surface area contributed by atoms with Crippen molar-refractivity contribution in [2.75, 3.05) is 20.8 Å². The molecule has 2 aromatic carbocycles. The Bertz CT molecular complexity index is 1240. The van der Waals surface area contributed by atoms with Gasteiger partial charge < -0.3 is 19.5 Å². The maximum atomic E-state index is 12.4. The molecular formula is C28H33N3O5. The molecule has 8 nitrogen and oxygen atoms in total. The summed E-state index contributed by atoms with van der Waals surface area (Å²) in [6.45, 7) is 7.96. The van der Waals surface area contributed by atoms with Gasteiger partial charge in [-0.1, -0.05) is 29.8 Å². The van der Waals surface area contributed by atoms with Crippen molar-refractivity contribution in [2.24, 2.45) is 0 Å². The second-order valence-corrected chi connectivity index (χ2v) is 8.57. The number of aryl methyl sites for hydroxylation is 2. The van der Waals surface area contributed by atoms with Crippen LogP contribution in [0.25, 0.3) is 6.08 Å². The molecule has 1 heterocycles. The molecule has 0 fully saturated rings. The number of rotatable bonds is 10. The fraction of sp³-hybridized carbons (Fsp3) is 0.321. The van der Waals surface area contributed by atoms with Gasteiger partial charge in [-0.3, -0.25) is 9.48 Å². The Morgan fingerprint density at radius 2 is 1.78 bits per heavy atom. The minimum Gasteiger partial charge on any atom is -0.497 e. The van der Waals surface area contributed by atoms with Gasteiger partial charge in [0.25, 0.3) is 5.91 Å². The van der Waals surface area contributed by atoms with Crippen molar-refractivity contribution in [3.8, 4) is 11.5 Å². The third-order valence-corrected chi connectivity index (χ3v) is 5.90. The van der Waals surface area contributed by atoms with E-state index in [-0.39, 0.29) is 6.04 Å². The van der Waals surface area contributed by atoms with Gasteiger partial charge in [0, 0.05) is 22.9 Å². The first-order valence-corrected chi connectivity index (χ1v) is 11.7. The van der Waals surface area contributed by atoms with Crippen molar-refractivity contribution in [3.63, 3.8) is 0 Å². The number of hydrogen-bond donors (Lipinski definition) is 1. The van der Waals surface area contributed by atoms with Crippen LogP contribution in [0.4, 0.5) is 0 Å². The number of methoxy groups -OCH3 is 2. The predicted octanol–water partition coefficient (Wildman–Crippen LogP) is 4.31. The van der Waals surface area contributed by atoms with E-state index in [0.717, 1.165) is 28.1 Å². The number of hydrogen-bond acceptors (Lipinski definition) is 6. The lowest BCUT2D eigenvalue weighted by atomic mass is 10.1. The number of esters is 1. The van der Waals surface area contributed by atoms with Crippen LogP contribution in [-0.4, -0.2) is 42.5 Å². The van der Waals surface area contributed by atoms with Gasteiger partial charge in [-0.15, -0.1) is 0 Å². The first-order valence-electron chi connectivity index (χ1n) is 11.7. The van der Waals surface area contributed by atoms with E-state index in [1.54, 1.807) is 38.5 Å². The predicted molar refractivity (Wildman–Crippen MR) is 138 cm³/mol. The fourth-order valence-corrected chi connectivity index (χ4v) is 3.85. The average molecular weight is 492 g/mol. The molecule has 36 heavy (non-hydrogen) atoms. The first-order chi connectivity index (χ1) is 17.2. The molecule has 3 rings (SSSR count). The van der Waals surface area contributed by atoms with E-state index in [0.29, 0.717) is 18.0 Å². The molecule has 3 aromatic rings. The second-order valence-electron chi connectivity index (χ2n) is 8.57. The normalized spacial score (nSPS) is 11.8. The number of carbonyl (C=O) groups is 2. The van der Waals surface area contributed by atoms with Crippen molar-refractivity contribution in [3.05, 3.63) is 82.2 Å². The van der Waals surface area contributed by atoms with Crippen molar-refractivity contribution < 1.29 is 23.8 Å². The van der Waals surface area contributed by atoms with Crippen molar-refractivity contribution in [1.29, 1.82) is 0 Å². The molecule has 1 aromatic heterocycles. The summed E-state index contributed by atoms with van der Waals surface area (Å²) in [5.41, 5.74) is 5.70. The molecule has 0 aliphatic heterocycles. The lowest BCUT2D eigenvalue weighted by Crippen LogP contribution is -2.31. The molecule has 1 N–H and O–H groups in total. The largest absolute Gasteiger partial charge is 0.497 e. The van der Waals surface area contributed by atoms with Gasteiger partial charge in [-0.05, 0) is 57.5 Å². The van der Waals surface area contributed by atoms with E-state index >= 15 is 0 Å². The summed E-state index contributed by atoms with van der Waals surface area (Å²) in [6, 6.07) is 13.3. The van der Waals surface area contributed by atoms with E-state index in [1.165, 1.54) is 11.6 Å². The third kappa shape index (κ3) is 6.75. The van der Waals surface area contributed by atoms with Gasteiger partial charge in [-0.2, -0.15) is 5.10 Å². The maximum absolute atomic E-state index is 12.4. The summed E-state index contributed by atoms with van der Waals surface area (Å²) < 4.78 is 17.7. The Kier molecular flexibility index (Phi) is 8.89. The summed E-state index contributed by atoms with van der Waals surface area (Å²) >= 11 is 0. The van der Waals surface area contributed by atoms with Crippen LogP contribution in [0.1, 0.15) is 46.6 Å². The summed E-state index contributed by atoms with van der Waals surface area (Å²) in [6.07, 6.45) is 2.99. The zero-order valence-corrected chi connectivity index (χ0v) is 21.6. The number of nitrogens with zero attached hydrogens (tertiary/aromatic N) is 2. The van der Waals surface area contributed by atoms with E-state index in [1.807, 2.05) is 25.5 Å². The lowest BCUT2D eigenvalue weighted by Gasteiger charge is -2.18. The van der Waals surface area contributed by atoms with Gasteiger partial charge in [0.1, 0.15) is 11.5 Å². The highest BCUT2D eigenvalue weighted by Crippen LogP contribution is 2.29. The molecule has 0 aliphatic carbocycles. The number of benzene rings is 2. The number of carbonyl (C=O) groups excluding carboxylic acids is 2. The van der Waals surface area contributed by atoms with Crippen LogP contribution < -0.4 is 14.8 Å². The number of nitrogens with one attached hydrogen (secondary N) is 1. The highest BCUT2D eigenvalue weighted by atomic mass is 16.5. The smallest absolute Gasteiger partial charge is 0.331 e. The molecule has 0 bridgehead atoms. The highest BCUT2D eigenvalue weighted by molar-refractivity contribution is 5.89. The molecule has 0 saturated carbocycles. The van der Waals surface area contributed by atoms with Crippen LogP contribution in [0, 0.1) is 20.8 Å². The molecule has 8 heteroatoms. The Balaban J connectivity index is 1.56. The zero-order chi connectivity index (χ0) is 26.2. The van der Waals surface area contributed by atoms with Crippen molar-refractivity contribution in [1.82, 2.24) is 15.1 Å². The minimum atomic E-state index is -0.609. The van der Waals surface area contributed by atoms with E-state index < -0.39 is 18.5 Å². The Morgan fingerprint density at radius 1 is 1.06 bits per heavy atom. The first kappa shape index (κ1) is 26.5. The van der Waals surface area contributed by atoms with E-state index in [9.17, 15) is 9.59 Å². The van der Waals surface area contributed by atoms with Crippen LogP contribution in [0.2, 0.25) is 0 Å². The molecule has 1 atom stereocenters. The topological polar surface area (TPSA) is 91.7 Å². The van der Waals surface area contributed by atoms with Crippen LogP contribution >= 0.6 is 0 Å². The fourth-order valence-electron chi connectivity index (χ4n) is 3.85. The standard InChI is InChI=1S/C28H33N3O5/c1-18-7-9-22(10-8-18)16-31-21(4)24(20(3)30-31)12-14-28(33)36-17-27(32)29-19(2)25-15-23(34-5)11-13-26(25)35-6/h7-15,19H,16-17H2,1-6H3,(H,29,32)/b14-12+/t19-/m1/s1. The van der Waals surface area contributed by atoms with Gasteiger partial charge in [0.15, 0.2) is 6.61 Å². The quantitative estimate of drug-likeness (QED) is 0.336. The van der Waals surface area contributed by atoms with Crippen LogP contribution in [0.5, 0.6) is 11.5 Å². The Hall–Kier alpha value is -4.07. The zero-order valence-electron chi connectivity index (χ0n) is 21.6. The lowest BCUT2D eigenvalue weighted by molar-refractivity contribution is -0.144. The molecule has 0 aliphatic rings. The maximum Gasteiger partial charge on any atom is 0.331 e. The molecule has 0 unspecified atom stereocenters.